The van der Waals surface area contributed by atoms with E-state index in [0.717, 1.165) is 24.3 Å². The fourth-order valence-electron chi connectivity index (χ4n) is 1.72. The monoisotopic (exact) mass is 273 g/mol. The number of pyridine rings is 1. The third-order valence-corrected chi connectivity index (χ3v) is 2.84. The van der Waals surface area contributed by atoms with Crippen molar-refractivity contribution in [1.82, 2.24) is 4.98 Å². The Morgan fingerprint density at radius 3 is 2.90 bits per heavy atom. The molecule has 2 N–H and O–H groups in total. The summed E-state index contributed by atoms with van der Waals surface area (Å²) in [5, 5.41) is 5.97. The van der Waals surface area contributed by atoms with Gasteiger partial charge in [0.2, 0.25) is 5.91 Å². The minimum absolute atomic E-state index is 0.00986. The Morgan fingerprint density at radius 2 is 2.25 bits per heavy atom. The Balaban J connectivity index is 1.81. The van der Waals surface area contributed by atoms with Crippen molar-refractivity contribution < 1.29 is 9.21 Å². The Kier molecular flexibility index (Phi) is 5.17. The molecule has 20 heavy (non-hydrogen) atoms. The zero-order valence-corrected chi connectivity index (χ0v) is 11.6. The van der Waals surface area contributed by atoms with Crippen LogP contribution in [0, 0.1) is 0 Å². The average molecular weight is 273 g/mol. The van der Waals surface area contributed by atoms with Crippen molar-refractivity contribution in [3.63, 3.8) is 0 Å². The number of unbranched alkanes of at least 4 members (excludes halogenated alkanes) is 1. The molecule has 0 atom stereocenters. The summed E-state index contributed by atoms with van der Waals surface area (Å²) in [5.74, 6) is 1.45. The molecule has 5 heteroatoms. The number of hydrogen-bond acceptors (Lipinski definition) is 4. The summed E-state index contributed by atoms with van der Waals surface area (Å²) in [7, 11) is 0. The van der Waals surface area contributed by atoms with E-state index in [0.29, 0.717) is 18.8 Å². The Labute approximate surface area is 118 Å². The van der Waals surface area contributed by atoms with E-state index < -0.39 is 0 Å². The minimum Gasteiger partial charge on any atom is -0.467 e. The SMILES string of the molecule is CCCCC(=O)Nc1ccc(NCc2ccco2)cn1. The standard InChI is InChI=1S/C15H19N3O2/c1-2-3-6-15(19)18-14-8-7-12(10-17-14)16-11-13-5-4-9-20-13/h4-5,7-10,16H,2-3,6,11H2,1H3,(H,17,18,19). The third kappa shape index (κ3) is 4.42. The van der Waals surface area contributed by atoms with Crippen LogP contribution in [0.1, 0.15) is 31.9 Å². The number of nitrogens with one attached hydrogen (secondary N) is 2. The first-order valence-electron chi connectivity index (χ1n) is 6.80. The van der Waals surface area contributed by atoms with Crippen molar-refractivity contribution >= 4 is 17.4 Å². The predicted octanol–water partition coefficient (Wildman–Crippen LogP) is 3.42. The van der Waals surface area contributed by atoms with Crippen molar-refractivity contribution in [2.24, 2.45) is 0 Å². The van der Waals surface area contributed by atoms with Gasteiger partial charge < -0.3 is 15.1 Å². The first-order chi connectivity index (χ1) is 9.78. The summed E-state index contributed by atoms with van der Waals surface area (Å²) in [6.45, 7) is 2.67. The number of carbonyl (C=O) groups is 1. The lowest BCUT2D eigenvalue weighted by atomic mass is 10.2. The van der Waals surface area contributed by atoms with Gasteiger partial charge in [-0.3, -0.25) is 4.79 Å². The molecule has 2 aromatic rings. The van der Waals surface area contributed by atoms with Gasteiger partial charge in [-0.2, -0.15) is 0 Å². The molecule has 106 valence electrons. The van der Waals surface area contributed by atoms with Gasteiger partial charge in [0.1, 0.15) is 11.6 Å². The molecule has 0 bridgehead atoms. The zero-order chi connectivity index (χ0) is 14.2. The lowest BCUT2D eigenvalue weighted by Crippen LogP contribution is -2.12. The first-order valence-corrected chi connectivity index (χ1v) is 6.80. The molecule has 2 rings (SSSR count). The highest BCUT2D eigenvalue weighted by Gasteiger charge is 2.03. The average Bonchev–Trinajstić information content (AvgIpc) is 2.98. The number of nitrogens with zero attached hydrogens (tertiary/aromatic N) is 1. The first kappa shape index (κ1) is 14.1. The molecule has 2 aromatic heterocycles. The van der Waals surface area contributed by atoms with Gasteiger partial charge in [0.25, 0.3) is 0 Å². The van der Waals surface area contributed by atoms with Crippen LogP contribution in [0.2, 0.25) is 0 Å². The molecule has 0 spiro atoms. The quantitative estimate of drug-likeness (QED) is 0.811. The van der Waals surface area contributed by atoms with Gasteiger partial charge in [-0.1, -0.05) is 13.3 Å². The second-order valence-electron chi connectivity index (χ2n) is 4.52. The van der Waals surface area contributed by atoms with Gasteiger partial charge in [-0.05, 0) is 30.7 Å². The van der Waals surface area contributed by atoms with E-state index in [1.54, 1.807) is 18.5 Å². The normalized spacial score (nSPS) is 10.2. The number of amides is 1. The maximum atomic E-state index is 11.6. The van der Waals surface area contributed by atoms with Gasteiger partial charge in [0.05, 0.1) is 24.7 Å². The number of hydrogen-bond donors (Lipinski definition) is 2. The molecule has 1 amide bonds. The maximum Gasteiger partial charge on any atom is 0.225 e. The van der Waals surface area contributed by atoms with Crippen molar-refractivity contribution in [3.8, 4) is 0 Å². The van der Waals surface area contributed by atoms with Crippen LogP contribution in [0.25, 0.3) is 0 Å². The largest absolute Gasteiger partial charge is 0.467 e. The molecule has 0 fully saturated rings. The second-order valence-corrected chi connectivity index (χ2v) is 4.52. The fourth-order valence-corrected chi connectivity index (χ4v) is 1.72. The smallest absolute Gasteiger partial charge is 0.225 e. The highest BCUT2D eigenvalue weighted by molar-refractivity contribution is 5.89. The number of rotatable bonds is 7. The van der Waals surface area contributed by atoms with Gasteiger partial charge in [-0.15, -0.1) is 0 Å². The number of furan rings is 1. The highest BCUT2D eigenvalue weighted by atomic mass is 16.3. The van der Waals surface area contributed by atoms with Crippen LogP contribution in [0.15, 0.2) is 41.1 Å². The molecular weight excluding hydrogens is 254 g/mol. The summed E-state index contributed by atoms with van der Waals surface area (Å²) >= 11 is 0. The van der Waals surface area contributed by atoms with E-state index in [1.807, 2.05) is 18.2 Å². The molecule has 0 radical (unpaired) electrons. The second kappa shape index (κ2) is 7.33. The van der Waals surface area contributed by atoms with Crippen LogP contribution in [0.4, 0.5) is 11.5 Å². The molecular formula is C15H19N3O2. The molecule has 0 saturated heterocycles. The molecule has 0 aliphatic rings. The zero-order valence-electron chi connectivity index (χ0n) is 11.6. The highest BCUT2D eigenvalue weighted by Crippen LogP contribution is 2.12. The van der Waals surface area contributed by atoms with Gasteiger partial charge in [0.15, 0.2) is 0 Å². The van der Waals surface area contributed by atoms with Crippen molar-refractivity contribution in [2.75, 3.05) is 10.6 Å². The van der Waals surface area contributed by atoms with Crippen molar-refractivity contribution in [3.05, 3.63) is 42.5 Å². The van der Waals surface area contributed by atoms with Crippen molar-refractivity contribution in [1.29, 1.82) is 0 Å². The summed E-state index contributed by atoms with van der Waals surface area (Å²) in [5.41, 5.74) is 0.882. The van der Waals surface area contributed by atoms with E-state index in [1.165, 1.54) is 0 Å². The minimum atomic E-state index is 0.00986. The molecule has 0 aromatic carbocycles. The third-order valence-electron chi connectivity index (χ3n) is 2.84. The van der Waals surface area contributed by atoms with Crippen LogP contribution >= 0.6 is 0 Å². The lowest BCUT2D eigenvalue weighted by Gasteiger charge is -2.06. The van der Waals surface area contributed by atoms with Gasteiger partial charge >= 0.3 is 0 Å². The van der Waals surface area contributed by atoms with E-state index in [2.05, 4.69) is 22.5 Å². The van der Waals surface area contributed by atoms with Crippen LogP contribution in [0.3, 0.4) is 0 Å². The number of aromatic nitrogens is 1. The molecule has 2 heterocycles. The van der Waals surface area contributed by atoms with Crippen LogP contribution < -0.4 is 10.6 Å². The van der Waals surface area contributed by atoms with Crippen LogP contribution in [-0.2, 0) is 11.3 Å². The molecule has 0 unspecified atom stereocenters. The summed E-state index contributed by atoms with van der Waals surface area (Å²) < 4.78 is 5.23. The van der Waals surface area contributed by atoms with E-state index in [9.17, 15) is 4.79 Å². The van der Waals surface area contributed by atoms with Gasteiger partial charge in [-0.25, -0.2) is 4.98 Å². The summed E-state index contributed by atoms with van der Waals surface area (Å²) in [6, 6.07) is 7.42. The van der Waals surface area contributed by atoms with Crippen LogP contribution in [0.5, 0.6) is 0 Å². The lowest BCUT2D eigenvalue weighted by molar-refractivity contribution is -0.116. The Hall–Kier alpha value is -2.30. The van der Waals surface area contributed by atoms with E-state index in [4.69, 9.17) is 4.42 Å². The topological polar surface area (TPSA) is 67.2 Å². The van der Waals surface area contributed by atoms with Gasteiger partial charge in [0, 0.05) is 6.42 Å². The summed E-state index contributed by atoms with van der Waals surface area (Å²) in [6.07, 6.45) is 5.78. The molecule has 5 nitrogen and oxygen atoms in total. The van der Waals surface area contributed by atoms with Crippen LogP contribution in [-0.4, -0.2) is 10.9 Å². The predicted molar refractivity (Wildman–Crippen MR) is 78.4 cm³/mol. The Bertz CT molecular complexity index is 521. The Morgan fingerprint density at radius 1 is 1.35 bits per heavy atom. The van der Waals surface area contributed by atoms with E-state index >= 15 is 0 Å². The molecule has 0 aliphatic heterocycles. The maximum absolute atomic E-state index is 11.6. The van der Waals surface area contributed by atoms with E-state index in [-0.39, 0.29) is 5.91 Å². The molecule has 0 saturated carbocycles. The number of carbonyl (C=O) groups excluding carboxylic acids is 1. The molecule has 0 aliphatic carbocycles. The summed E-state index contributed by atoms with van der Waals surface area (Å²) in [4.78, 5) is 15.8. The fraction of sp³-hybridized carbons (Fsp3) is 0.333. The number of anilines is 2. The van der Waals surface area contributed by atoms with Crippen molar-refractivity contribution in [2.45, 2.75) is 32.7 Å².